The lowest BCUT2D eigenvalue weighted by atomic mass is 9.67. The van der Waals surface area contributed by atoms with E-state index in [0.29, 0.717) is 17.7 Å². The molecule has 3 saturated heterocycles. The molecule has 0 N–H and O–H groups in total. The SMILES string of the molecule is CC12CCC(CC=Cc3cccc4ccccc34)(O1)C1C(=O)N(c3ccc(C#N)c4ccccc34)C(=O)C12. The van der Waals surface area contributed by atoms with Crippen LogP contribution < -0.4 is 4.90 Å². The van der Waals surface area contributed by atoms with Gasteiger partial charge in [0.25, 0.3) is 0 Å². The molecule has 3 aliphatic rings. The first-order valence-electron chi connectivity index (χ1n) is 13.1. The van der Waals surface area contributed by atoms with Gasteiger partial charge in [-0.05, 0) is 54.7 Å². The molecule has 0 radical (unpaired) electrons. The Morgan fingerprint density at radius 2 is 1.61 bits per heavy atom. The van der Waals surface area contributed by atoms with E-state index in [2.05, 4.69) is 42.5 Å². The molecule has 4 unspecified atom stereocenters. The third-order valence-corrected chi connectivity index (χ3v) is 8.86. The summed E-state index contributed by atoms with van der Waals surface area (Å²) in [4.78, 5) is 29.4. The lowest BCUT2D eigenvalue weighted by Crippen LogP contribution is -2.41. The van der Waals surface area contributed by atoms with Crippen LogP contribution in [0.4, 0.5) is 5.69 Å². The summed E-state index contributed by atoms with van der Waals surface area (Å²) in [5.41, 5.74) is 0.823. The Morgan fingerprint density at radius 1 is 0.895 bits per heavy atom. The molecule has 3 aliphatic heterocycles. The third kappa shape index (κ3) is 3.07. The Hall–Kier alpha value is -4.27. The Kier molecular flexibility index (Phi) is 4.89. The van der Waals surface area contributed by atoms with Gasteiger partial charge in [0.15, 0.2) is 0 Å². The number of rotatable bonds is 4. The van der Waals surface area contributed by atoms with Crippen molar-refractivity contribution < 1.29 is 14.3 Å². The van der Waals surface area contributed by atoms with E-state index in [-0.39, 0.29) is 11.8 Å². The highest BCUT2D eigenvalue weighted by molar-refractivity contribution is 6.26. The van der Waals surface area contributed by atoms with Crippen LogP contribution in [-0.4, -0.2) is 23.0 Å². The summed E-state index contributed by atoms with van der Waals surface area (Å²) in [7, 11) is 0. The number of fused-ring (bicyclic) bond motifs is 7. The number of anilines is 1. The van der Waals surface area contributed by atoms with Gasteiger partial charge in [0, 0.05) is 10.8 Å². The normalized spacial score (nSPS) is 28.1. The summed E-state index contributed by atoms with van der Waals surface area (Å²) >= 11 is 0. The molecule has 0 spiro atoms. The van der Waals surface area contributed by atoms with Crippen molar-refractivity contribution in [2.75, 3.05) is 4.90 Å². The minimum absolute atomic E-state index is 0.197. The van der Waals surface area contributed by atoms with Crippen LogP contribution in [0.3, 0.4) is 0 Å². The van der Waals surface area contributed by atoms with Gasteiger partial charge in [-0.3, -0.25) is 9.59 Å². The smallest absolute Gasteiger partial charge is 0.240 e. The van der Waals surface area contributed by atoms with E-state index in [4.69, 9.17) is 4.74 Å². The number of hydrogen-bond acceptors (Lipinski definition) is 4. The van der Waals surface area contributed by atoms with Crippen molar-refractivity contribution in [1.29, 1.82) is 5.26 Å². The minimum atomic E-state index is -0.704. The maximum Gasteiger partial charge on any atom is 0.240 e. The van der Waals surface area contributed by atoms with E-state index in [9.17, 15) is 14.9 Å². The van der Waals surface area contributed by atoms with Crippen LogP contribution >= 0.6 is 0 Å². The minimum Gasteiger partial charge on any atom is -0.367 e. The van der Waals surface area contributed by atoms with Gasteiger partial charge in [0.2, 0.25) is 11.8 Å². The second-order valence-corrected chi connectivity index (χ2v) is 10.9. The van der Waals surface area contributed by atoms with E-state index in [1.165, 1.54) is 15.7 Å². The Bertz CT molecular complexity index is 1730. The van der Waals surface area contributed by atoms with Gasteiger partial charge < -0.3 is 4.74 Å². The van der Waals surface area contributed by atoms with Crippen LogP contribution in [0, 0.1) is 23.2 Å². The highest BCUT2D eigenvalue weighted by Gasteiger charge is 2.73. The van der Waals surface area contributed by atoms with Crippen molar-refractivity contribution in [3.63, 3.8) is 0 Å². The van der Waals surface area contributed by atoms with Gasteiger partial charge in [0.05, 0.1) is 40.4 Å². The molecule has 4 aromatic rings. The Labute approximate surface area is 220 Å². The molecule has 3 heterocycles. The molecule has 4 atom stereocenters. The zero-order valence-electron chi connectivity index (χ0n) is 21.1. The predicted octanol–water partition coefficient (Wildman–Crippen LogP) is 6.40. The standard InChI is InChI=1S/C33H26N2O3/c1-32-18-19-33(38-32,17-7-11-22-10-6-9-21-8-2-3-12-24(21)22)29-28(32)30(36)35(31(29)37)27-16-15-23(20-34)25-13-4-5-14-26(25)27/h2-16,28-29H,17-19H2,1H3. The number of hydrogen-bond donors (Lipinski definition) is 0. The molecule has 5 heteroatoms. The number of benzene rings is 4. The molecule has 4 aromatic carbocycles. The van der Waals surface area contributed by atoms with Gasteiger partial charge in [0.1, 0.15) is 0 Å². The van der Waals surface area contributed by atoms with Gasteiger partial charge in [-0.25, -0.2) is 4.90 Å². The second kappa shape index (κ2) is 8.11. The lowest BCUT2D eigenvalue weighted by molar-refractivity contribution is -0.130. The summed E-state index contributed by atoms with van der Waals surface area (Å²) in [6.07, 6.45) is 6.26. The fraction of sp³-hybridized carbons (Fsp3) is 0.242. The molecule has 2 amide bonds. The predicted molar refractivity (Wildman–Crippen MR) is 147 cm³/mol. The third-order valence-electron chi connectivity index (χ3n) is 8.86. The number of imide groups is 1. The molecular weight excluding hydrogens is 472 g/mol. The van der Waals surface area contributed by atoms with Gasteiger partial charge in [-0.2, -0.15) is 5.26 Å². The van der Waals surface area contributed by atoms with Crippen molar-refractivity contribution in [2.24, 2.45) is 11.8 Å². The monoisotopic (exact) mass is 498 g/mol. The van der Waals surface area contributed by atoms with Crippen molar-refractivity contribution in [3.8, 4) is 6.07 Å². The second-order valence-electron chi connectivity index (χ2n) is 10.9. The highest BCUT2D eigenvalue weighted by atomic mass is 16.5. The molecule has 3 fully saturated rings. The molecule has 186 valence electrons. The maximum atomic E-state index is 14.1. The topological polar surface area (TPSA) is 70.4 Å². The van der Waals surface area contributed by atoms with E-state index < -0.39 is 23.0 Å². The first-order chi connectivity index (χ1) is 18.5. The average Bonchev–Trinajstić information content (AvgIpc) is 3.52. The van der Waals surface area contributed by atoms with Crippen LogP contribution in [0.2, 0.25) is 0 Å². The number of carbonyl (C=O) groups excluding carboxylic acids is 2. The van der Waals surface area contributed by atoms with Crippen LogP contribution in [0.1, 0.15) is 37.3 Å². The van der Waals surface area contributed by atoms with Gasteiger partial charge >= 0.3 is 0 Å². The average molecular weight is 499 g/mol. The van der Waals surface area contributed by atoms with E-state index >= 15 is 0 Å². The fourth-order valence-electron chi connectivity index (χ4n) is 7.14. The highest BCUT2D eigenvalue weighted by Crippen LogP contribution is 2.62. The zero-order valence-corrected chi connectivity index (χ0v) is 21.1. The lowest BCUT2D eigenvalue weighted by Gasteiger charge is -2.30. The number of carbonyl (C=O) groups is 2. The summed E-state index contributed by atoms with van der Waals surface area (Å²) in [5, 5.41) is 13.4. The number of ether oxygens (including phenoxy) is 1. The van der Waals surface area contributed by atoms with Crippen molar-refractivity contribution >= 4 is 45.1 Å². The fourth-order valence-corrected chi connectivity index (χ4v) is 7.14. The Morgan fingerprint density at radius 3 is 2.42 bits per heavy atom. The van der Waals surface area contributed by atoms with Crippen LogP contribution in [0.25, 0.3) is 27.6 Å². The molecule has 7 rings (SSSR count). The molecule has 0 aliphatic carbocycles. The maximum absolute atomic E-state index is 14.1. The van der Waals surface area contributed by atoms with E-state index in [1.54, 1.807) is 12.1 Å². The summed E-state index contributed by atoms with van der Waals surface area (Å²) in [5.74, 6) is -1.43. The van der Waals surface area contributed by atoms with Crippen LogP contribution in [0.15, 0.2) is 84.9 Å². The first kappa shape index (κ1) is 22.9. The molecular formula is C33H26N2O3. The Balaban J connectivity index is 1.26. The number of nitriles is 1. The van der Waals surface area contributed by atoms with Crippen LogP contribution in [-0.2, 0) is 14.3 Å². The summed E-state index contributed by atoms with van der Waals surface area (Å²) in [6, 6.07) is 27.6. The summed E-state index contributed by atoms with van der Waals surface area (Å²) < 4.78 is 6.63. The number of amides is 2. The first-order valence-corrected chi connectivity index (χ1v) is 13.1. The molecule has 2 bridgehead atoms. The summed E-state index contributed by atoms with van der Waals surface area (Å²) in [6.45, 7) is 1.99. The molecule has 0 aromatic heterocycles. The van der Waals surface area contributed by atoms with Crippen molar-refractivity contribution in [1.82, 2.24) is 0 Å². The van der Waals surface area contributed by atoms with Gasteiger partial charge in [-0.1, -0.05) is 78.9 Å². The van der Waals surface area contributed by atoms with Crippen molar-refractivity contribution in [2.45, 2.75) is 37.4 Å². The van der Waals surface area contributed by atoms with E-state index in [0.717, 1.165) is 29.2 Å². The molecule has 5 nitrogen and oxygen atoms in total. The molecule has 0 saturated carbocycles. The van der Waals surface area contributed by atoms with Crippen LogP contribution in [0.5, 0.6) is 0 Å². The van der Waals surface area contributed by atoms with Gasteiger partial charge in [-0.15, -0.1) is 0 Å². The zero-order chi connectivity index (χ0) is 26.1. The largest absolute Gasteiger partial charge is 0.367 e. The van der Waals surface area contributed by atoms with Crippen molar-refractivity contribution in [3.05, 3.63) is 96.1 Å². The van der Waals surface area contributed by atoms with E-state index in [1.807, 2.05) is 49.4 Å². The quantitative estimate of drug-likeness (QED) is 0.306. The number of nitrogens with zero attached hydrogens (tertiary/aromatic N) is 2. The molecule has 38 heavy (non-hydrogen) atoms.